The first-order valence-corrected chi connectivity index (χ1v) is 11.1. The average molecular weight is 353 g/mol. The molecule has 0 heteroatoms. The Bertz CT molecular complexity index is 548. The third-order valence-corrected chi connectivity index (χ3v) is 6.24. The van der Waals surface area contributed by atoms with Crippen molar-refractivity contribution in [3.63, 3.8) is 0 Å². The van der Waals surface area contributed by atoms with E-state index < -0.39 is 0 Å². The van der Waals surface area contributed by atoms with Gasteiger partial charge in [-0.15, -0.1) is 0 Å². The van der Waals surface area contributed by atoms with E-state index in [1.54, 1.807) is 0 Å². The summed E-state index contributed by atoms with van der Waals surface area (Å²) in [5, 5.41) is 0. The number of hydrogen-bond acceptors (Lipinski definition) is 0. The lowest BCUT2D eigenvalue weighted by atomic mass is 9.84. The topological polar surface area (TPSA) is 0 Å². The summed E-state index contributed by atoms with van der Waals surface area (Å²) in [5.74, 6) is 2.00. The summed E-state index contributed by atoms with van der Waals surface area (Å²) >= 11 is 0. The Kier molecular flexibility index (Phi) is 9.23. The zero-order valence-corrected chi connectivity index (χ0v) is 17.5. The van der Waals surface area contributed by atoms with Gasteiger partial charge in [-0.3, -0.25) is 0 Å². The van der Waals surface area contributed by atoms with E-state index in [4.69, 9.17) is 0 Å². The fraction of sp³-hybridized carbons (Fsp3) is 0.615. The van der Waals surface area contributed by atoms with E-state index in [9.17, 15) is 0 Å². The van der Waals surface area contributed by atoms with Gasteiger partial charge in [0.05, 0.1) is 0 Å². The highest BCUT2D eigenvalue weighted by Crippen LogP contribution is 2.44. The number of allylic oxidation sites excluding steroid dienone is 3. The summed E-state index contributed by atoms with van der Waals surface area (Å²) in [6, 6.07) is 9.59. The normalized spacial score (nSPS) is 21.6. The van der Waals surface area contributed by atoms with Gasteiger partial charge >= 0.3 is 0 Å². The van der Waals surface area contributed by atoms with Gasteiger partial charge in [-0.1, -0.05) is 101 Å². The molecule has 1 aromatic carbocycles. The SMILES string of the molecule is C=C1CCC(c2ccc(C(C)CCCCC)cc2)C1C/C=C\CCCC. The van der Waals surface area contributed by atoms with Crippen LogP contribution >= 0.6 is 0 Å². The second-order valence-electron chi connectivity index (χ2n) is 8.32. The molecule has 0 bridgehead atoms. The maximum absolute atomic E-state index is 4.38. The third-order valence-electron chi connectivity index (χ3n) is 6.24. The smallest absolute Gasteiger partial charge is 0.00904 e. The Hall–Kier alpha value is -1.30. The molecule has 0 aromatic heterocycles. The van der Waals surface area contributed by atoms with Gasteiger partial charge < -0.3 is 0 Å². The van der Waals surface area contributed by atoms with Crippen LogP contribution in [-0.2, 0) is 0 Å². The number of rotatable bonds is 11. The highest BCUT2D eigenvalue weighted by atomic mass is 14.3. The molecular weight excluding hydrogens is 312 g/mol. The molecule has 1 aromatic rings. The fourth-order valence-corrected chi connectivity index (χ4v) is 4.36. The Morgan fingerprint density at radius 2 is 1.77 bits per heavy atom. The lowest BCUT2D eigenvalue weighted by Gasteiger charge is -2.21. The maximum atomic E-state index is 4.38. The second-order valence-corrected chi connectivity index (χ2v) is 8.32. The second kappa shape index (κ2) is 11.4. The van der Waals surface area contributed by atoms with E-state index in [0.717, 1.165) is 0 Å². The Labute approximate surface area is 162 Å². The lowest BCUT2D eigenvalue weighted by Crippen LogP contribution is -2.07. The van der Waals surface area contributed by atoms with Crippen molar-refractivity contribution in [2.45, 2.75) is 96.8 Å². The summed E-state index contributed by atoms with van der Waals surface area (Å²) in [4.78, 5) is 0. The van der Waals surface area contributed by atoms with Gasteiger partial charge in [-0.05, 0) is 61.0 Å². The van der Waals surface area contributed by atoms with Crippen LogP contribution in [0.4, 0.5) is 0 Å². The Morgan fingerprint density at radius 3 is 2.46 bits per heavy atom. The largest absolute Gasteiger partial charge is 0.0995 e. The van der Waals surface area contributed by atoms with E-state index in [1.165, 1.54) is 80.9 Å². The molecule has 1 aliphatic rings. The number of hydrogen-bond donors (Lipinski definition) is 0. The van der Waals surface area contributed by atoms with Crippen LogP contribution in [0.1, 0.15) is 108 Å². The quantitative estimate of drug-likeness (QED) is 0.276. The zero-order chi connectivity index (χ0) is 18.8. The van der Waals surface area contributed by atoms with Gasteiger partial charge in [0.15, 0.2) is 0 Å². The van der Waals surface area contributed by atoms with Crippen LogP contribution in [0.5, 0.6) is 0 Å². The minimum atomic E-state index is 0.640. The highest BCUT2D eigenvalue weighted by molar-refractivity contribution is 5.31. The van der Waals surface area contributed by atoms with Gasteiger partial charge in [0.1, 0.15) is 0 Å². The maximum Gasteiger partial charge on any atom is -0.00904 e. The van der Waals surface area contributed by atoms with E-state index in [2.05, 4.69) is 63.8 Å². The van der Waals surface area contributed by atoms with Crippen LogP contribution in [0.25, 0.3) is 0 Å². The number of benzene rings is 1. The molecule has 2 rings (SSSR count). The van der Waals surface area contributed by atoms with Crippen molar-refractivity contribution in [1.29, 1.82) is 0 Å². The molecule has 3 unspecified atom stereocenters. The van der Waals surface area contributed by atoms with Gasteiger partial charge in [0.25, 0.3) is 0 Å². The first-order chi connectivity index (χ1) is 12.7. The molecule has 0 amide bonds. The van der Waals surface area contributed by atoms with Gasteiger partial charge in [-0.25, -0.2) is 0 Å². The van der Waals surface area contributed by atoms with Crippen molar-refractivity contribution in [1.82, 2.24) is 0 Å². The lowest BCUT2D eigenvalue weighted by molar-refractivity contribution is 0.543. The van der Waals surface area contributed by atoms with Crippen LogP contribution in [-0.4, -0.2) is 0 Å². The van der Waals surface area contributed by atoms with Crippen molar-refractivity contribution >= 4 is 0 Å². The van der Waals surface area contributed by atoms with E-state index in [0.29, 0.717) is 17.8 Å². The molecule has 0 saturated heterocycles. The van der Waals surface area contributed by atoms with Crippen molar-refractivity contribution in [2.75, 3.05) is 0 Å². The first-order valence-electron chi connectivity index (χ1n) is 11.1. The predicted molar refractivity (Wildman–Crippen MR) is 117 cm³/mol. The first kappa shape index (κ1) is 21.0. The Balaban J connectivity index is 1.95. The Morgan fingerprint density at radius 1 is 1.04 bits per heavy atom. The molecule has 0 radical (unpaired) electrons. The molecule has 0 spiro atoms. The summed E-state index contributed by atoms with van der Waals surface area (Å²) < 4.78 is 0. The van der Waals surface area contributed by atoms with E-state index >= 15 is 0 Å². The van der Waals surface area contributed by atoms with Crippen LogP contribution in [0.3, 0.4) is 0 Å². The summed E-state index contributed by atoms with van der Waals surface area (Å²) in [6.45, 7) is 11.3. The minimum absolute atomic E-state index is 0.640. The molecule has 144 valence electrons. The zero-order valence-electron chi connectivity index (χ0n) is 17.5. The van der Waals surface area contributed by atoms with Crippen molar-refractivity contribution < 1.29 is 0 Å². The van der Waals surface area contributed by atoms with E-state index in [1.807, 2.05) is 0 Å². The van der Waals surface area contributed by atoms with Gasteiger partial charge in [-0.2, -0.15) is 0 Å². The molecule has 1 saturated carbocycles. The van der Waals surface area contributed by atoms with Crippen LogP contribution < -0.4 is 0 Å². The van der Waals surface area contributed by atoms with Crippen LogP contribution in [0.15, 0.2) is 48.6 Å². The predicted octanol–water partition coefficient (Wildman–Crippen LogP) is 8.56. The molecule has 0 aliphatic heterocycles. The van der Waals surface area contributed by atoms with Gasteiger partial charge in [0.2, 0.25) is 0 Å². The van der Waals surface area contributed by atoms with Crippen molar-refractivity contribution in [3.8, 4) is 0 Å². The summed E-state index contributed by atoms with van der Waals surface area (Å²) in [6.07, 6.45) is 17.6. The highest BCUT2D eigenvalue weighted by Gasteiger charge is 2.30. The van der Waals surface area contributed by atoms with Crippen LogP contribution in [0.2, 0.25) is 0 Å². The van der Waals surface area contributed by atoms with E-state index in [-0.39, 0.29) is 0 Å². The molecule has 1 aliphatic carbocycles. The number of unbranched alkanes of at least 4 members (excludes halogenated alkanes) is 4. The van der Waals surface area contributed by atoms with Crippen LogP contribution in [0, 0.1) is 5.92 Å². The molecule has 0 heterocycles. The standard InChI is InChI=1S/C26H40/c1-5-7-9-10-12-14-25-22(4)15-20-26(25)24-18-16-23(17-19-24)21(3)13-11-8-6-2/h10,12,16-19,21,25-26H,4-9,11,13-15,20H2,1-3H3/b12-10-. The molecular formula is C26H40. The molecule has 0 N–H and O–H groups in total. The summed E-state index contributed by atoms with van der Waals surface area (Å²) in [7, 11) is 0. The summed E-state index contributed by atoms with van der Waals surface area (Å²) in [5.41, 5.74) is 4.50. The average Bonchev–Trinajstić information content (AvgIpc) is 3.02. The third kappa shape index (κ3) is 6.15. The molecule has 26 heavy (non-hydrogen) atoms. The monoisotopic (exact) mass is 352 g/mol. The fourth-order valence-electron chi connectivity index (χ4n) is 4.36. The van der Waals surface area contributed by atoms with Crippen molar-refractivity contribution in [3.05, 3.63) is 59.7 Å². The van der Waals surface area contributed by atoms with Crippen molar-refractivity contribution in [2.24, 2.45) is 5.92 Å². The molecule has 3 atom stereocenters. The molecule has 0 nitrogen and oxygen atoms in total. The van der Waals surface area contributed by atoms with Gasteiger partial charge in [0, 0.05) is 0 Å². The molecule has 1 fully saturated rings. The minimum Gasteiger partial charge on any atom is -0.0995 e.